The zero-order valence-corrected chi connectivity index (χ0v) is 8.77. The summed E-state index contributed by atoms with van der Waals surface area (Å²) in [6.45, 7) is 3.62. The summed E-state index contributed by atoms with van der Waals surface area (Å²) in [5.41, 5.74) is 5.73. The van der Waals surface area contributed by atoms with E-state index in [2.05, 4.69) is 6.92 Å². The van der Waals surface area contributed by atoms with Crippen LogP contribution >= 0.6 is 11.8 Å². The fourth-order valence-corrected chi connectivity index (χ4v) is 2.96. The van der Waals surface area contributed by atoms with Gasteiger partial charge in [-0.3, -0.25) is 4.79 Å². The molecule has 0 bridgehead atoms. The van der Waals surface area contributed by atoms with Gasteiger partial charge >= 0.3 is 0 Å². The second-order valence-corrected chi connectivity index (χ2v) is 5.15. The third-order valence-electron chi connectivity index (χ3n) is 3.25. The molecule has 1 aliphatic heterocycles. The third-order valence-corrected chi connectivity index (χ3v) is 4.10. The zero-order valence-electron chi connectivity index (χ0n) is 7.95. The average molecular weight is 200 g/mol. The summed E-state index contributed by atoms with van der Waals surface area (Å²) in [6, 6.07) is 0. The lowest BCUT2D eigenvalue weighted by molar-refractivity contribution is 0.140. The maximum atomic E-state index is 11.5. The van der Waals surface area contributed by atoms with Gasteiger partial charge in [0.15, 0.2) is 0 Å². The lowest BCUT2D eigenvalue weighted by Gasteiger charge is -2.37. The van der Waals surface area contributed by atoms with E-state index in [1.807, 2.05) is 4.90 Å². The summed E-state index contributed by atoms with van der Waals surface area (Å²) in [7, 11) is 0. The van der Waals surface area contributed by atoms with Crippen molar-refractivity contribution >= 4 is 17.0 Å². The summed E-state index contributed by atoms with van der Waals surface area (Å²) >= 11 is 1.42. The monoisotopic (exact) mass is 200 g/mol. The molecular formula is C9H16N2OS. The molecule has 2 aliphatic rings. The minimum absolute atomic E-state index is 0.0550. The van der Waals surface area contributed by atoms with Gasteiger partial charge in [-0.2, -0.15) is 0 Å². The molecule has 13 heavy (non-hydrogen) atoms. The summed E-state index contributed by atoms with van der Waals surface area (Å²) < 4.78 is 0. The molecule has 4 heteroatoms. The van der Waals surface area contributed by atoms with E-state index in [-0.39, 0.29) is 10.8 Å². The predicted molar refractivity (Wildman–Crippen MR) is 54.7 cm³/mol. The maximum absolute atomic E-state index is 11.5. The van der Waals surface area contributed by atoms with Crippen LogP contribution in [0.4, 0.5) is 4.79 Å². The van der Waals surface area contributed by atoms with E-state index in [0.717, 1.165) is 12.3 Å². The van der Waals surface area contributed by atoms with Crippen molar-refractivity contribution in [2.45, 2.75) is 25.3 Å². The molecule has 2 rings (SSSR count). The molecule has 1 heterocycles. The van der Waals surface area contributed by atoms with Crippen molar-refractivity contribution in [2.24, 2.45) is 11.7 Å². The highest BCUT2D eigenvalue weighted by atomic mass is 32.2. The van der Waals surface area contributed by atoms with E-state index in [4.69, 9.17) is 5.73 Å². The predicted octanol–water partition coefficient (Wildman–Crippen LogP) is 1.28. The number of carbonyl (C=O) groups is 1. The Hall–Kier alpha value is -0.220. The highest BCUT2D eigenvalue weighted by Crippen LogP contribution is 2.44. The van der Waals surface area contributed by atoms with Crippen LogP contribution in [0.25, 0.3) is 0 Å². The number of hydrogen-bond donors (Lipinski definition) is 1. The van der Waals surface area contributed by atoms with Gasteiger partial charge in [0.1, 0.15) is 0 Å². The second kappa shape index (κ2) is 3.17. The second-order valence-electron chi connectivity index (χ2n) is 4.10. The average Bonchev–Trinajstić information content (AvgIpc) is 2.89. The lowest BCUT2D eigenvalue weighted by Crippen LogP contribution is -2.53. The Morgan fingerprint density at radius 2 is 2.38 bits per heavy atom. The number of thioether (sulfide) groups is 1. The van der Waals surface area contributed by atoms with Crippen LogP contribution in [0.5, 0.6) is 0 Å². The Bertz CT molecular complexity index is 230. The SMILES string of the molecule is CC(CN)(C1CC1)N1CCSC1=O. The Labute approximate surface area is 83.0 Å². The fraction of sp³-hybridized carbons (Fsp3) is 0.889. The Morgan fingerprint density at radius 1 is 1.69 bits per heavy atom. The van der Waals surface area contributed by atoms with Gasteiger partial charge < -0.3 is 10.6 Å². The van der Waals surface area contributed by atoms with E-state index in [0.29, 0.717) is 12.5 Å². The first-order valence-electron chi connectivity index (χ1n) is 4.83. The molecule has 0 aromatic carbocycles. The number of carbonyl (C=O) groups excluding carboxylic acids is 1. The standard InChI is InChI=1S/C9H16N2OS/c1-9(6-10,7-2-3-7)11-4-5-13-8(11)12/h7H,2-6,10H2,1H3. The van der Waals surface area contributed by atoms with Crippen LogP contribution in [-0.4, -0.2) is 34.5 Å². The lowest BCUT2D eigenvalue weighted by atomic mass is 9.94. The number of hydrogen-bond acceptors (Lipinski definition) is 3. The highest BCUT2D eigenvalue weighted by molar-refractivity contribution is 8.13. The highest BCUT2D eigenvalue weighted by Gasteiger charge is 2.47. The molecule has 2 fully saturated rings. The molecule has 1 saturated carbocycles. The summed E-state index contributed by atoms with van der Waals surface area (Å²) in [5, 5.41) is 0.222. The first kappa shape index (κ1) is 9.34. The Morgan fingerprint density at radius 3 is 2.77 bits per heavy atom. The molecule has 2 N–H and O–H groups in total. The van der Waals surface area contributed by atoms with Crippen molar-refractivity contribution in [3.8, 4) is 0 Å². The fourth-order valence-electron chi connectivity index (χ4n) is 2.06. The van der Waals surface area contributed by atoms with Crippen LogP contribution in [-0.2, 0) is 0 Å². The first-order chi connectivity index (χ1) is 6.18. The number of amides is 1. The van der Waals surface area contributed by atoms with E-state index in [1.54, 1.807) is 0 Å². The van der Waals surface area contributed by atoms with Gasteiger partial charge in [0.25, 0.3) is 5.24 Å². The summed E-state index contributed by atoms with van der Waals surface area (Å²) in [5.74, 6) is 1.58. The molecule has 1 atom stereocenters. The van der Waals surface area contributed by atoms with Crippen molar-refractivity contribution in [3.63, 3.8) is 0 Å². The minimum Gasteiger partial charge on any atom is -0.328 e. The van der Waals surface area contributed by atoms with Gasteiger partial charge in [0.05, 0.1) is 5.54 Å². The third kappa shape index (κ3) is 1.46. The van der Waals surface area contributed by atoms with Gasteiger partial charge in [-0.15, -0.1) is 0 Å². The number of rotatable bonds is 3. The topological polar surface area (TPSA) is 46.3 Å². The molecule has 1 saturated heterocycles. The van der Waals surface area contributed by atoms with Crippen LogP contribution in [0.2, 0.25) is 0 Å². The van der Waals surface area contributed by atoms with Crippen molar-refractivity contribution in [3.05, 3.63) is 0 Å². The molecule has 1 amide bonds. The molecule has 0 aromatic heterocycles. The van der Waals surface area contributed by atoms with Crippen LogP contribution < -0.4 is 5.73 Å². The van der Waals surface area contributed by atoms with Crippen LogP contribution in [0, 0.1) is 5.92 Å². The zero-order chi connectivity index (χ0) is 9.47. The van der Waals surface area contributed by atoms with Gasteiger partial charge in [-0.05, 0) is 25.7 Å². The van der Waals surface area contributed by atoms with Gasteiger partial charge in [0.2, 0.25) is 0 Å². The smallest absolute Gasteiger partial charge is 0.282 e. The van der Waals surface area contributed by atoms with Crippen molar-refractivity contribution in [1.82, 2.24) is 4.90 Å². The van der Waals surface area contributed by atoms with Crippen LogP contribution in [0.15, 0.2) is 0 Å². The Balaban J connectivity index is 2.14. The van der Waals surface area contributed by atoms with E-state index in [9.17, 15) is 4.79 Å². The number of nitrogens with zero attached hydrogens (tertiary/aromatic N) is 1. The van der Waals surface area contributed by atoms with Gasteiger partial charge in [0, 0.05) is 18.8 Å². The first-order valence-corrected chi connectivity index (χ1v) is 5.81. The van der Waals surface area contributed by atoms with E-state index >= 15 is 0 Å². The van der Waals surface area contributed by atoms with Gasteiger partial charge in [-0.1, -0.05) is 11.8 Å². The largest absolute Gasteiger partial charge is 0.328 e. The molecular weight excluding hydrogens is 184 g/mol. The molecule has 3 nitrogen and oxygen atoms in total. The summed E-state index contributed by atoms with van der Waals surface area (Å²) in [4.78, 5) is 13.5. The quantitative estimate of drug-likeness (QED) is 0.746. The Kier molecular flexibility index (Phi) is 2.28. The van der Waals surface area contributed by atoms with Crippen molar-refractivity contribution < 1.29 is 4.79 Å². The molecule has 0 radical (unpaired) electrons. The van der Waals surface area contributed by atoms with E-state index in [1.165, 1.54) is 24.6 Å². The molecule has 74 valence electrons. The van der Waals surface area contributed by atoms with Crippen LogP contribution in [0.3, 0.4) is 0 Å². The molecule has 1 unspecified atom stereocenters. The minimum atomic E-state index is -0.0550. The normalized spacial score (nSPS) is 27.8. The summed E-state index contributed by atoms with van der Waals surface area (Å²) in [6.07, 6.45) is 2.48. The number of nitrogens with two attached hydrogens (primary N) is 1. The van der Waals surface area contributed by atoms with Crippen LogP contribution in [0.1, 0.15) is 19.8 Å². The molecule has 1 aliphatic carbocycles. The van der Waals surface area contributed by atoms with Crippen molar-refractivity contribution in [1.29, 1.82) is 0 Å². The van der Waals surface area contributed by atoms with E-state index < -0.39 is 0 Å². The maximum Gasteiger partial charge on any atom is 0.282 e. The molecule has 0 spiro atoms. The van der Waals surface area contributed by atoms with Gasteiger partial charge in [-0.25, -0.2) is 0 Å². The van der Waals surface area contributed by atoms with Crippen molar-refractivity contribution in [2.75, 3.05) is 18.8 Å². The molecule has 0 aromatic rings.